The number of hydrogen-bond donors (Lipinski definition) is 2. The Balaban J connectivity index is 3.05. The minimum Gasteiger partial charge on any atom is -0.318 e. The summed E-state index contributed by atoms with van der Waals surface area (Å²) in [7, 11) is 0. The number of nitrogens with two attached hydrogens (primary N) is 1. The number of hydrogen-bond acceptors (Lipinski definition) is 2. The first kappa shape index (κ1) is 15.2. The van der Waals surface area contributed by atoms with Crippen LogP contribution >= 0.6 is 0 Å². The zero-order valence-corrected chi connectivity index (χ0v) is 12.7. The van der Waals surface area contributed by atoms with Crippen LogP contribution in [0.3, 0.4) is 0 Å². The lowest BCUT2D eigenvalue weighted by Gasteiger charge is -2.29. The van der Waals surface area contributed by atoms with Crippen molar-refractivity contribution in [3.63, 3.8) is 0 Å². The highest BCUT2D eigenvalue weighted by Gasteiger charge is 2.23. The highest BCUT2D eigenvalue weighted by atomic mass is 15.0. The van der Waals surface area contributed by atoms with Gasteiger partial charge in [-0.1, -0.05) is 52.8 Å². The van der Waals surface area contributed by atoms with Gasteiger partial charge in [-0.2, -0.15) is 0 Å². The van der Waals surface area contributed by atoms with Crippen molar-refractivity contribution in [3.05, 3.63) is 34.9 Å². The lowest BCUT2D eigenvalue weighted by Crippen LogP contribution is -2.36. The van der Waals surface area contributed by atoms with Crippen LogP contribution in [0.5, 0.6) is 0 Å². The minimum absolute atomic E-state index is 0.111. The lowest BCUT2D eigenvalue weighted by atomic mass is 9.78. The second-order valence-electron chi connectivity index (χ2n) is 6.79. The molecule has 0 saturated heterocycles. The van der Waals surface area contributed by atoms with Gasteiger partial charge >= 0.3 is 0 Å². The fourth-order valence-electron chi connectivity index (χ4n) is 2.37. The van der Waals surface area contributed by atoms with E-state index in [9.17, 15) is 0 Å². The summed E-state index contributed by atoms with van der Waals surface area (Å²) in [5.74, 6) is 0. The summed E-state index contributed by atoms with van der Waals surface area (Å²) in [6, 6.07) is 6.85. The van der Waals surface area contributed by atoms with Crippen LogP contribution in [0.25, 0.3) is 0 Å². The van der Waals surface area contributed by atoms with Gasteiger partial charge in [0, 0.05) is 18.6 Å². The molecule has 0 aliphatic heterocycles. The van der Waals surface area contributed by atoms with Gasteiger partial charge in [-0.25, -0.2) is 0 Å². The van der Waals surface area contributed by atoms with E-state index in [1.807, 2.05) is 0 Å². The van der Waals surface area contributed by atoms with Crippen LogP contribution in [0.15, 0.2) is 18.2 Å². The second kappa shape index (κ2) is 5.41. The monoisotopic (exact) mass is 248 g/mol. The van der Waals surface area contributed by atoms with Crippen LogP contribution in [0.4, 0.5) is 0 Å². The Hall–Kier alpha value is -0.860. The summed E-state index contributed by atoms with van der Waals surface area (Å²) in [4.78, 5) is 0. The molecule has 0 aliphatic rings. The fraction of sp³-hybridized carbons (Fsp3) is 0.625. The average molecular weight is 248 g/mol. The van der Waals surface area contributed by atoms with Crippen LogP contribution in [0, 0.1) is 6.92 Å². The maximum Gasteiger partial charge on any atom is 0.0429 e. The molecule has 0 radical (unpaired) electrons. The molecule has 0 aliphatic carbocycles. The van der Waals surface area contributed by atoms with Crippen LogP contribution < -0.4 is 11.1 Å². The lowest BCUT2D eigenvalue weighted by molar-refractivity contribution is 0.471. The first-order valence-corrected chi connectivity index (χ1v) is 6.71. The highest BCUT2D eigenvalue weighted by molar-refractivity contribution is 5.38. The van der Waals surface area contributed by atoms with Crippen molar-refractivity contribution < 1.29 is 0 Å². The Morgan fingerprint density at radius 2 is 1.72 bits per heavy atom. The molecule has 0 fully saturated rings. The van der Waals surface area contributed by atoms with Crippen molar-refractivity contribution in [1.82, 2.24) is 5.32 Å². The van der Waals surface area contributed by atoms with Crippen LogP contribution in [0.2, 0.25) is 0 Å². The third-order valence-electron chi connectivity index (χ3n) is 3.53. The van der Waals surface area contributed by atoms with Crippen LogP contribution in [0.1, 0.15) is 51.3 Å². The van der Waals surface area contributed by atoms with Crippen molar-refractivity contribution >= 4 is 0 Å². The van der Waals surface area contributed by atoms with Crippen LogP contribution in [-0.2, 0) is 10.8 Å². The smallest absolute Gasteiger partial charge is 0.0429 e. The number of rotatable bonds is 4. The Bertz CT molecular complexity index is 400. The Morgan fingerprint density at radius 1 is 1.11 bits per heavy atom. The summed E-state index contributed by atoms with van der Waals surface area (Å²) in [6.45, 7) is 14.9. The molecule has 0 saturated carbocycles. The SMILES string of the molecule is Cc1cc(C(C)(C)C)ccc1C(C)(C)CNCN. The van der Waals surface area contributed by atoms with Gasteiger partial charge in [-0.15, -0.1) is 0 Å². The molecule has 0 bridgehead atoms. The Labute approximate surface area is 112 Å². The topological polar surface area (TPSA) is 38.0 Å². The van der Waals surface area contributed by atoms with Gasteiger partial charge in [0.05, 0.1) is 0 Å². The molecule has 0 aromatic heterocycles. The quantitative estimate of drug-likeness (QED) is 0.804. The predicted octanol–water partition coefficient (Wildman–Crippen LogP) is 3.08. The highest BCUT2D eigenvalue weighted by Crippen LogP contribution is 2.30. The van der Waals surface area contributed by atoms with E-state index in [1.165, 1.54) is 16.7 Å². The Kier molecular flexibility index (Phi) is 4.57. The molecule has 3 N–H and O–H groups in total. The Morgan fingerprint density at radius 3 is 2.17 bits per heavy atom. The first-order valence-electron chi connectivity index (χ1n) is 6.71. The van der Waals surface area contributed by atoms with E-state index < -0.39 is 0 Å². The molecule has 0 heterocycles. The summed E-state index contributed by atoms with van der Waals surface area (Å²) >= 11 is 0. The zero-order chi connectivity index (χ0) is 14.0. The third-order valence-corrected chi connectivity index (χ3v) is 3.53. The molecule has 1 aromatic carbocycles. The molecule has 0 spiro atoms. The minimum atomic E-state index is 0.111. The van der Waals surface area contributed by atoms with Crippen molar-refractivity contribution in [2.75, 3.05) is 13.2 Å². The van der Waals surface area contributed by atoms with E-state index in [-0.39, 0.29) is 10.8 Å². The summed E-state index contributed by atoms with van der Waals surface area (Å²) in [5.41, 5.74) is 10.0. The largest absolute Gasteiger partial charge is 0.318 e. The molecule has 18 heavy (non-hydrogen) atoms. The van der Waals surface area contributed by atoms with Crippen molar-refractivity contribution in [2.45, 2.75) is 52.4 Å². The normalized spacial score (nSPS) is 12.8. The van der Waals surface area contributed by atoms with Gasteiger partial charge in [0.1, 0.15) is 0 Å². The summed E-state index contributed by atoms with van der Waals surface area (Å²) in [5, 5.41) is 3.24. The maximum atomic E-state index is 5.52. The van der Waals surface area contributed by atoms with Crippen molar-refractivity contribution in [2.24, 2.45) is 5.73 Å². The fourth-order valence-corrected chi connectivity index (χ4v) is 2.37. The van der Waals surface area contributed by atoms with Crippen molar-refractivity contribution in [1.29, 1.82) is 0 Å². The van der Waals surface area contributed by atoms with E-state index >= 15 is 0 Å². The molecule has 102 valence electrons. The molecular formula is C16H28N2. The van der Waals surface area contributed by atoms with E-state index in [4.69, 9.17) is 5.73 Å². The van der Waals surface area contributed by atoms with Crippen LogP contribution in [-0.4, -0.2) is 13.2 Å². The van der Waals surface area contributed by atoms with Gasteiger partial charge in [-0.05, 0) is 29.0 Å². The third kappa shape index (κ3) is 3.56. The van der Waals surface area contributed by atoms with Crippen molar-refractivity contribution in [3.8, 4) is 0 Å². The zero-order valence-electron chi connectivity index (χ0n) is 12.7. The van der Waals surface area contributed by atoms with Gasteiger partial charge < -0.3 is 11.1 Å². The predicted molar refractivity (Wildman–Crippen MR) is 80.0 cm³/mol. The van der Waals surface area contributed by atoms with E-state index in [1.54, 1.807) is 0 Å². The second-order valence-corrected chi connectivity index (χ2v) is 6.79. The van der Waals surface area contributed by atoms with Gasteiger partial charge in [-0.3, -0.25) is 0 Å². The van der Waals surface area contributed by atoms with E-state index in [0.29, 0.717) is 6.67 Å². The van der Waals surface area contributed by atoms with Gasteiger partial charge in [0.25, 0.3) is 0 Å². The maximum absolute atomic E-state index is 5.52. The molecule has 0 amide bonds. The van der Waals surface area contributed by atoms with E-state index in [2.05, 4.69) is 65.1 Å². The van der Waals surface area contributed by atoms with E-state index in [0.717, 1.165) is 6.54 Å². The summed E-state index contributed by atoms with van der Waals surface area (Å²) in [6.07, 6.45) is 0. The molecular weight excluding hydrogens is 220 g/mol. The molecule has 1 aromatic rings. The first-order chi connectivity index (χ1) is 8.18. The van der Waals surface area contributed by atoms with Gasteiger partial charge in [0.2, 0.25) is 0 Å². The number of aryl methyl sites for hydroxylation is 1. The molecule has 1 rings (SSSR count). The molecule has 0 unspecified atom stereocenters. The molecule has 0 atom stereocenters. The number of benzene rings is 1. The number of nitrogens with one attached hydrogen (secondary N) is 1. The molecule has 2 heteroatoms. The van der Waals surface area contributed by atoms with Gasteiger partial charge in [0.15, 0.2) is 0 Å². The summed E-state index contributed by atoms with van der Waals surface area (Å²) < 4.78 is 0. The average Bonchev–Trinajstić information content (AvgIpc) is 2.24. The standard InChI is InChI=1S/C16H28N2/c1-12-9-13(15(2,3)4)7-8-14(12)16(5,6)10-18-11-17/h7-9,18H,10-11,17H2,1-6H3. The molecule has 2 nitrogen and oxygen atoms in total.